The fourth-order valence-corrected chi connectivity index (χ4v) is 3.24. The Morgan fingerprint density at radius 3 is 2.83 bits per heavy atom. The Morgan fingerprint density at radius 1 is 1.17 bits per heavy atom. The van der Waals surface area contributed by atoms with E-state index in [2.05, 4.69) is 17.6 Å². The first-order valence-electron chi connectivity index (χ1n) is 7.77. The van der Waals surface area contributed by atoms with E-state index in [-0.39, 0.29) is 5.91 Å². The predicted molar refractivity (Wildman–Crippen MR) is 74.4 cm³/mol. The third-order valence-corrected chi connectivity index (χ3v) is 4.50. The van der Waals surface area contributed by atoms with Gasteiger partial charge in [0.2, 0.25) is 5.91 Å². The molecule has 0 aromatic heterocycles. The Morgan fingerprint density at radius 2 is 2.06 bits per heavy atom. The van der Waals surface area contributed by atoms with Crippen LogP contribution in [0.2, 0.25) is 0 Å². The zero-order valence-corrected chi connectivity index (χ0v) is 11.7. The molecule has 104 valence electrons. The molecule has 2 rings (SSSR count). The minimum atomic E-state index is 0.267. The van der Waals surface area contributed by atoms with Crippen molar-refractivity contribution >= 4 is 5.91 Å². The topological polar surface area (TPSA) is 41.1 Å². The lowest BCUT2D eigenvalue weighted by Crippen LogP contribution is -2.35. The summed E-state index contributed by atoms with van der Waals surface area (Å²) in [6, 6.07) is 1.03. The fourth-order valence-electron chi connectivity index (χ4n) is 3.24. The molecule has 1 amide bonds. The molecule has 2 fully saturated rings. The number of rotatable bonds is 4. The molecular formula is C15H28N2O. The maximum atomic E-state index is 11.9. The van der Waals surface area contributed by atoms with Crippen LogP contribution < -0.4 is 10.6 Å². The van der Waals surface area contributed by atoms with Crippen molar-refractivity contribution in [3.63, 3.8) is 0 Å². The molecule has 3 unspecified atom stereocenters. The maximum absolute atomic E-state index is 11.9. The van der Waals surface area contributed by atoms with E-state index < -0.39 is 0 Å². The van der Waals surface area contributed by atoms with E-state index in [4.69, 9.17) is 0 Å². The van der Waals surface area contributed by atoms with Gasteiger partial charge in [-0.3, -0.25) is 4.79 Å². The molecule has 18 heavy (non-hydrogen) atoms. The molecule has 1 aliphatic heterocycles. The predicted octanol–water partition coefficient (Wildman–Crippen LogP) is 2.60. The quantitative estimate of drug-likeness (QED) is 0.755. The van der Waals surface area contributed by atoms with Gasteiger partial charge in [-0.2, -0.15) is 0 Å². The summed E-state index contributed by atoms with van der Waals surface area (Å²) in [7, 11) is 0. The molecule has 1 saturated carbocycles. The standard InChI is InChI=1S/C15H28N2O/c1-12-4-2-5-14(8-7-12)17-15(18)10-9-13-6-3-11-16-13/h12-14,16H,2-11H2,1H3,(H,17,18). The summed E-state index contributed by atoms with van der Waals surface area (Å²) in [5.41, 5.74) is 0. The van der Waals surface area contributed by atoms with E-state index in [1.54, 1.807) is 0 Å². The van der Waals surface area contributed by atoms with Gasteiger partial charge in [-0.15, -0.1) is 0 Å². The van der Waals surface area contributed by atoms with Gasteiger partial charge in [0.15, 0.2) is 0 Å². The van der Waals surface area contributed by atoms with Crippen molar-refractivity contribution in [2.45, 2.75) is 76.8 Å². The number of hydrogen-bond donors (Lipinski definition) is 2. The Kier molecular flexibility index (Phi) is 5.48. The monoisotopic (exact) mass is 252 g/mol. The van der Waals surface area contributed by atoms with Crippen molar-refractivity contribution in [1.29, 1.82) is 0 Å². The highest BCUT2D eigenvalue weighted by Crippen LogP contribution is 2.22. The molecule has 3 heteroatoms. The van der Waals surface area contributed by atoms with Crippen LogP contribution >= 0.6 is 0 Å². The van der Waals surface area contributed by atoms with Crippen molar-refractivity contribution in [2.75, 3.05) is 6.54 Å². The van der Waals surface area contributed by atoms with Crippen LogP contribution in [-0.4, -0.2) is 24.5 Å². The normalized spacial score (nSPS) is 33.1. The number of carbonyl (C=O) groups is 1. The number of nitrogens with one attached hydrogen (secondary N) is 2. The van der Waals surface area contributed by atoms with Gasteiger partial charge >= 0.3 is 0 Å². The van der Waals surface area contributed by atoms with Crippen molar-refractivity contribution < 1.29 is 4.79 Å². The van der Waals surface area contributed by atoms with Gasteiger partial charge in [0.05, 0.1) is 0 Å². The van der Waals surface area contributed by atoms with Crippen LogP contribution in [0.25, 0.3) is 0 Å². The van der Waals surface area contributed by atoms with E-state index in [0.717, 1.165) is 18.9 Å². The second-order valence-electron chi connectivity index (χ2n) is 6.21. The minimum absolute atomic E-state index is 0.267. The highest BCUT2D eigenvalue weighted by atomic mass is 16.1. The molecule has 3 atom stereocenters. The Balaban J connectivity index is 1.63. The van der Waals surface area contributed by atoms with E-state index >= 15 is 0 Å². The molecule has 2 aliphatic rings. The molecular weight excluding hydrogens is 224 g/mol. The SMILES string of the molecule is CC1CCCC(NC(=O)CCC2CCCN2)CC1. The van der Waals surface area contributed by atoms with Crippen LogP contribution in [-0.2, 0) is 4.79 Å². The molecule has 2 N–H and O–H groups in total. The first-order valence-corrected chi connectivity index (χ1v) is 7.77. The second kappa shape index (κ2) is 7.13. The number of amides is 1. The summed E-state index contributed by atoms with van der Waals surface area (Å²) in [6.45, 7) is 3.46. The third kappa shape index (κ3) is 4.60. The smallest absolute Gasteiger partial charge is 0.220 e. The highest BCUT2D eigenvalue weighted by Gasteiger charge is 2.19. The fraction of sp³-hybridized carbons (Fsp3) is 0.933. The summed E-state index contributed by atoms with van der Waals surface area (Å²) in [5.74, 6) is 1.11. The van der Waals surface area contributed by atoms with Crippen LogP contribution in [0, 0.1) is 5.92 Å². The van der Waals surface area contributed by atoms with Crippen molar-refractivity contribution in [3.05, 3.63) is 0 Å². The zero-order chi connectivity index (χ0) is 12.8. The van der Waals surface area contributed by atoms with Gasteiger partial charge in [-0.1, -0.05) is 19.8 Å². The van der Waals surface area contributed by atoms with Crippen LogP contribution in [0.4, 0.5) is 0 Å². The molecule has 0 radical (unpaired) electrons. The van der Waals surface area contributed by atoms with Crippen LogP contribution in [0.15, 0.2) is 0 Å². The Hall–Kier alpha value is -0.570. The van der Waals surface area contributed by atoms with Gasteiger partial charge in [-0.05, 0) is 51.0 Å². The molecule has 0 bridgehead atoms. The van der Waals surface area contributed by atoms with E-state index in [1.165, 1.54) is 44.9 Å². The first kappa shape index (κ1) is 13.9. The number of carbonyl (C=O) groups excluding carboxylic acids is 1. The van der Waals surface area contributed by atoms with Gasteiger partial charge in [0.25, 0.3) is 0 Å². The molecule has 1 saturated heterocycles. The van der Waals surface area contributed by atoms with Crippen molar-refractivity contribution in [3.8, 4) is 0 Å². The minimum Gasteiger partial charge on any atom is -0.353 e. The van der Waals surface area contributed by atoms with Crippen LogP contribution in [0.5, 0.6) is 0 Å². The highest BCUT2D eigenvalue weighted by molar-refractivity contribution is 5.76. The second-order valence-corrected chi connectivity index (χ2v) is 6.21. The van der Waals surface area contributed by atoms with Crippen molar-refractivity contribution in [1.82, 2.24) is 10.6 Å². The molecule has 1 aliphatic carbocycles. The molecule has 3 nitrogen and oxygen atoms in total. The van der Waals surface area contributed by atoms with Crippen LogP contribution in [0.3, 0.4) is 0 Å². The summed E-state index contributed by atoms with van der Waals surface area (Å²) in [6.07, 6.45) is 10.5. The molecule has 1 heterocycles. The molecule has 0 aromatic rings. The van der Waals surface area contributed by atoms with Gasteiger partial charge in [-0.25, -0.2) is 0 Å². The van der Waals surface area contributed by atoms with Gasteiger partial charge in [0.1, 0.15) is 0 Å². The summed E-state index contributed by atoms with van der Waals surface area (Å²) < 4.78 is 0. The average molecular weight is 252 g/mol. The molecule has 0 aromatic carbocycles. The Labute approximate surface area is 111 Å². The maximum Gasteiger partial charge on any atom is 0.220 e. The van der Waals surface area contributed by atoms with E-state index in [9.17, 15) is 4.79 Å². The van der Waals surface area contributed by atoms with Crippen molar-refractivity contribution in [2.24, 2.45) is 5.92 Å². The van der Waals surface area contributed by atoms with E-state index in [1.807, 2.05) is 0 Å². The van der Waals surface area contributed by atoms with Gasteiger partial charge in [0, 0.05) is 18.5 Å². The third-order valence-electron chi connectivity index (χ3n) is 4.50. The lowest BCUT2D eigenvalue weighted by atomic mass is 10.0. The summed E-state index contributed by atoms with van der Waals surface area (Å²) in [5, 5.41) is 6.69. The lowest BCUT2D eigenvalue weighted by Gasteiger charge is -2.17. The molecule has 0 spiro atoms. The number of hydrogen-bond acceptors (Lipinski definition) is 2. The van der Waals surface area contributed by atoms with E-state index in [0.29, 0.717) is 18.5 Å². The average Bonchev–Trinajstić information content (AvgIpc) is 2.79. The van der Waals surface area contributed by atoms with Crippen LogP contribution in [0.1, 0.15) is 64.7 Å². The Bertz CT molecular complexity index is 261. The lowest BCUT2D eigenvalue weighted by molar-refractivity contribution is -0.122. The summed E-state index contributed by atoms with van der Waals surface area (Å²) >= 11 is 0. The largest absolute Gasteiger partial charge is 0.353 e. The first-order chi connectivity index (χ1) is 8.74. The zero-order valence-electron chi connectivity index (χ0n) is 11.7. The van der Waals surface area contributed by atoms with Gasteiger partial charge < -0.3 is 10.6 Å². The summed E-state index contributed by atoms with van der Waals surface area (Å²) in [4.78, 5) is 11.9.